The van der Waals surface area contributed by atoms with Crippen molar-refractivity contribution in [3.05, 3.63) is 0 Å². The van der Waals surface area contributed by atoms with E-state index in [1.807, 2.05) is 0 Å². The second-order valence-corrected chi connectivity index (χ2v) is 0.651. The summed E-state index contributed by atoms with van der Waals surface area (Å²) in [5.74, 6) is 0. The van der Waals surface area contributed by atoms with Gasteiger partial charge in [0.05, 0.1) is 11.4 Å². The molecule has 0 amide bonds. The van der Waals surface area contributed by atoms with Crippen LogP contribution in [0, 0.1) is 0 Å². The molecule has 0 radical (unpaired) electrons. The van der Waals surface area contributed by atoms with E-state index in [-0.39, 0.29) is 35.0 Å². The van der Waals surface area contributed by atoms with Crippen LogP contribution < -0.4 is 29.6 Å². The molecule has 1 unspecified atom stereocenters. The van der Waals surface area contributed by atoms with Gasteiger partial charge in [-0.3, -0.25) is 0 Å². The van der Waals surface area contributed by atoms with E-state index in [2.05, 4.69) is 0 Å². The third-order valence-corrected chi connectivity index (χ3v) is 0. The van der Waals surface area contributed by atoms with Gasteiger partial charge in [-0.1, -0.05) is 0 Å². The second-order valence-electron chi connectivity index (χ2n) is 0.217. The van der Waals surface area contributed by atoms with Crippen LogP contribution in [0.1, 0.15) is 0 Å². The molecule has 0 saturated carbocycles. The van der Waals surface area contributed by atoms with Crippen molar-refractivity contribution >= 4 is 11.4 Å². The van der Waals surface area contributed by atoms with Crippen molar-refractivity contribution in [1.82, 2.24) is 0 Å². The molecule has 0 aliphatic heterocycles. The predicted molar refractivity (Wildman–Crippen MR) is 13.5 cm³/mol. The molecule has 4 nitrogen and oxygen atoms in total. The van der Waals surface area contributed by atoms with Crippen LogP contribution in [-0.2, 0) is 11.4 Å². The minimum atomic E-state index is -2.86. The SMILES string of the molecule is O=S([O-])O.[Na+].[OH-]. The summed E-state index contributed by atoms with van der Waals surface area (Å²) in [6.45, 7) is 0. The van der Waals surface area contributed by atoms with E-state index in [0.29, 0.717) is 0 Å². The Kier molecular flexibility index (Phi) is 24.6. The monoisotopic (exact) mass is 121 g/mol. The summed E-state index contributed by atoms with van der Waals surface area (Å²) in [7, 11) is 0. The van der Waals surface area contributed by atoms with Gasteiger partial charge in [0.25, 0.3) is 0 Å². The van der Waals surface area contributed by atoms with Gasteiger partial charge in [0.1, 0.15) is 0 Å². The van der Waals surface area contributed by atoms with Crippen LogP contribution in [0.15, 0.2) is 0 Å². The molecule has 1 atom stereocenters. The third kappa shape index (κ3) is 77.0. The summed E-state index contributed by atoms with van der Waals surface area (Å²) in [5.41, 5.74) is 0. The van der Waals surface area contributed by atoms with Gasteiger partial charge < -0.3 is 14.6 Å². The summed E-state index contributed by atoms with van der Waals surface area (Å²) in [4.78, 5) is 0. The fourth-order valence-corrected chi connectivity index (χ4v) is 0. The van der Waals surface area contributed by atoms with Gasteiger partial charge in [-0.05, 0) is 0 Å². The molecule has 0 aromatic rings. The Morgan fingerprint density at radius 2 is 1.67 bits per heavy atom. The third-order valence-electron chi connectivity index (χ3n) is 0. The molecule has 0 aromatic heterocycles. The van der Waals surface area contributed by atoms with E-state index in [0.717, 1.165) is 0 Å². The molecule has 0 heterocycles. The van der Waals surface area contributed by atoms with Crippen molar-refractivity contribution in [3.63, 3.8) is 0 Å². The molecule has 0 spiro atoms. The van der Waals surface area contributed by atoms with Crippen LogP contribution in [0.4, 0.5) is 0 Å². The summed E-state index contributed by atoms with van der Waals surface area (Å²) in [5, 5.41) is 0. The Bertz CT molecular complexity index is 30.5. The quantitative estimate of drug-likeness (QED) is 0.262. The van der Waals surface area contributed by atoms with Gasteiger partial charge in [-0.15, -0.1) is 0 Å². The second kappa shape index (κ2) is 9.39. The first-order chi connectivity index (χ1) is 1.73. The average molecular weight is 121 g/mol. The van der Waals surface area contributed by atoms with E-state index in [9.17, 15) is 0 Å². The largest absolute Gasteiger partial charge is 1.00 e. The minimum absolute atomic E-state index is 0. The van der Waals surface area contributed by atoms with Crippen LogP contribution in [0.25, 0.3) is 0 Å². The molecule has 2 N–H and O–H groups in total. The summed E-state index contributed by atoms with van der Waals surface area (Å²) >= 11 is -2.86. The van der Waals surface area contributed by atoms with E-state index in [1.165, 1.54) is 0 Å². The molecular weight excluding hydrogens is 119 g/mol. The van der Waals surface area contributed by atoms with Crippen molar-refractivity contribution in [1.29, 1.82) is 0 Å². The zero-order chi connectivity index (χ0) is 3.58. The number of hydrogen-bond donors (Lipinski definition) is 1. The van der Waals surface area contributed by atoms with Crippen molar-refractivity contribution in [2.45, 2.75) is 0 Å². The van der Waals surface area contributed by atoms with Gasteiger partial charge in [-0.25, -0.2) is 4.21 Å². The maximum atomic E-state index is 8.56. The van der Waals surface area contributed by atoms with Crippen LogP contribution in [0.5, 0.6) is 0 Å². The van der Waals surface area contributed by atoms with Crippen molar-refractivity contribution in [2.24, 2.45) is 0 Å². The molecule has 6 heavy (non-hydrogen) atoms. The molecule has 0 aliphatic carbocycles. The van der Waals surface area contributed by atoms with Gasteiger partial charge in [0.2, 0.25) is 0 Å². The van der Waals surface area contributed by atoms with E-state index >= 15 is 0 Å². The molecule has 6 heteroatoms. The maximum absolute atomic E-state index is 8.56. The first-order valence-electron chi connectivity index (χ1n) is 0.516. The summed E-state index contributed by atoms with van der Waals surface area (Å²) in [6, 6.07) is 0. The van der Waals surface area contributed by atoms with Crippen molar-refractivity contribution < 1.29 is 48.3 Å². The van der Waals surface area contributed by atoms with Crippen molar-refractivity contribution in [2.75, 3.05) is 0 Å². The zero-order valence-corrected chi connectivity index (χ0v) is 5.94. The van der Waals surface area contributed by atoms with Gasteiger partial charge in [0, 0.05) is 0 Å². The van der Waals surface area contributed by atoms with Crippen molar-refractivity contribution in [3.8, 4) is 0 Å². The Morgan fingerprint density at radius 3 is 1.67 bits per heavy atom. The first-order valence-corrected chi connectivity index (χ1v) is 1.55. The Hall–Kier alpha value is 1.03. The molecule has 0 rings (SSSR count). The van der Waals surface area contributed by atoms with E-state index in [4.69, 9.17) is 13.3 Å². The predicted octanol–water partition coefficient (Wildman–Crippen LogP) is -3.83. The molecule has 0 aromatic carbocycles. The summed E-state index contributed by atoms with van der Waals surface area (Å²) in [6.07, 6.45) is 0. The average Bonchev–Trinajstić information content (AvgIpc) is 0.811. The summed E-state index contributed by atoms with van der Waals surface area (Å²) < 4.78 is 24.1. The van der Waals surface area contributed by atoms with E-state index in [1.54, 1.807) is 0 Å². The molecule has 0 fully saturated rings. The topological polar surface area (TPSA) is 90.4 Å². The fourth-order valence-electron chi connectivity index (χ4n) is 0. The first kappa shape index (κ1) is 15.7. The Morgan fingerprint density at radius 1 is 1.67 bits per heavy atom. The number of rotatable bonds is 0. The number of hydrogen-bond acceptors (Lipinski definition) is 3. The molecule has 0 aliphatic rings. The van der Waals surface area contributed by atoms with Gasteiger partial charge >= 0.3 is 29.6 Å². The van der Waals surface area contributed by atoms with Crippen LogP contribution in [0.2, 0.25) is 0 Å². The van der Waals surface area contributed by atoms with Crippen LogP contribution in [-0.4, -0.2) is 18.8 Å². The van der Waals surface area contributed by atoms with Gasteiger partial charge in [-0.2, -0.15) is 0 Å². The maximum Gasteiger partial charge on any atom is 1.00 e. The van der Waals surface area contributed by atoms with Crippen LogP contribution >= 0.6 is 0 Å². The fraction of sp³-hybridized carbons (Fsp3) is 0. The minimum Gasteiger partial charge on any atom is -0.870 e. The Labute approximate surface area is 59.6 Å². The molecule has 0 bridgehead atoms. The normalized spacial score (nSPS) is 10.3. The standard InChI is InChI=1S/Na.H2O3S.H2O/c;1-4(2)3;/h;(H2,1,2,3);1H2/q+1;;/p-2. The Balaban J connectivity index is -0.0000000450. The van der Waals surface area contributed by atoms with Gasteiger partial charge in [0.15, 0.2) is 0 Å². The van der Waals surface area contributed by atoms with Crippen LogP contribution in [0.3, 0.4) is 0 Å². The molecular formula is H2NaO4S-. The van der Waals surface area contributed by atoms with E-state index < -0.39 is 11.4 Å². The smallest absolute Gasteiger partial charge is 0.870 e. The zero-order valence-electron chi connectivity index (χ0n) is 3.12. The molecule has 0 saturated heterocycles. The molecule has 34 valence electrons.